The molecule has 0 radical (unpaired) electrons. The zero-order chi connectivity index (χ0) is 18.7. The van der Waals surface area contributed by atoms with Gasteiger partial charge in [-0.1, -0.05) is 18.2 Å². The van der Waals surface area contributed by atoms with Crippen molar-refractivity contribution >= 4 is 16.9 Å². The lowest BCUT2D eigenvalue weighted by atomic mass is 10.0. The summed E-state index contributed by atoms with van der Waals surface area (Å²) in [6, 6.07) is 12.0. The van der Waals surface area contributed by atoms with Crippen LogP contribution in [0.25, 0.3) is 22.1 Å². The number of para-hydroxylation sites is 1. The van der Waals surface area contributed by atoms with Gasteiger partial charge in [0.05, 0.1) is 25.2 Å². The Morgan fingerprint density at radius 1 is 1.08 bits per heavy atom. The highest BCUT2D eigenvalue weighted by atomic mass is 16.6. The Bertz CT molecular complexity index is 1000. The maximum Gasteiger partial charge on any atom is 0.346 e. The Morgan fingerprint density at radius 3 is 2.58 bits per heavy atom. The van der Waals surface area contributed by atoms with Crippen LogP contribution in [0.15, 0.2) is 57.9 Å². The van der Waals surface area contributed by atoms with Gasteiger partial charge < -0.3 is 18.6 Å². The quantitative estimate of drug-likeness (QED) is 0.654. The number of hydrogen-bond acceptors (Lipinski definition) is 6. The molecule has 0 amide bonds. The molecular formula is C20H18O6. The van der Waals surface area contributed by atoms with Crippen LogP contribution in [0.3, 0.4) is 0 Å². The van der Waals surface area contributed by atoms with Crippen molar-refractivity contribution in [3.8, 4) is 22.6 Å². The highest BCUT2D eigenvalue weighted by Gasteiger charge is 2.17. The summed E-state index contributed by atoms with van der Waals surface area (Å²) in [7, 11) is 2.84. The van der Waals surface area contributed by atoms with E-state index >= 15 is 0 Å². The maximum atomic E-state index is 12.9. The first-order valence-corrected chi connectivity index (χ1v) is 7.98. The summed E-state index contributed by atoms with van der Waals surface area (Å²) in [5, 5.41) is 0.409. The van der Waals surface area contributed by atoms with Crippen LogP contribution in [0.4, 0.5) is 0 Å². The second-order valence-corrected chi connectivity index (χ2v) is 5.62. The minimum Gasteiger partial charge on any atom is -0.496 e. The highest BCUT2D eigenvalue weighted by Crippen LogP contribution is 2.29. The summed E-state index contributed by atoms with van der Waals surface area (Å²) < 4.78 is 21.1. The molecule has 0 aliphatic carbocycles. The maximum absolute atomic E-state index is 12.9. The average Bonchev–Trinajstić information content (AvgIpc) is 2.67. The SMILES string of the molecule is COC(=O)[C@H](C)Oc1ccc2c(=O)c(-c3ccccc3OC)coc2c1. The van der Waals surface area contributed by atoms with Gasteiger partial charge in [0.1, 0.15) is 23.3 Å². The number of methoxy groups -OCH3 is 2. The fraction of sp³-hybridized carbons (Fsp3) is 0.200. The lowest BCUT2D eigenvalue weighted by Crippen LogP contribution is -2.24. The number of rotatable bonds is 5. The Labute approximate surface area is 149 Å². The molecule has 0 unspecified atom stereocenters. The van der Waals surface area contributed by atoms with E-state index in [1.807, 2.05) is 12.1 Å². The van der Waals surface area contributed by atoms with E-state index in [0.29, 0.717) is 33.6 Å². The summed E-state index contributed by atoms with van der Waals surface area (Å²) >= 11 is 0. The van der Waals surface area contributed by atoms with Gasteiger partial charge in [-0.15, -0.1) is 0 Å². The smallest absolute Gasteiger partial charge is 0.346 e. The second-order valence-electron chi connectivity index (χ2n) is 5.62. The van der Waals surface area contributed by atoms with Crippen molar-refractivity contribution in [3.63, 3.8) is 0 Å². The molecule has 0 fully saturated rings. The molecule has 134 valence electrons. The van der Waals surface area contributed by atoms with Crippen molar-refractivity contribution in [1.29, 1.82) is 0 Å². The van der Waals surface area contributed by atoms with Gasteiger partial charge in [-0.25, -0.2) is 4.79 Å². The van der Waals surface area contributed by atoms with E-state index < -0.39 is 12.1 Å². The first-order chi connectivity index (χ1) is 12.5. The Hall–Kier alpha value is -3.28. The minimum absolute atomic E-state index is 0.177. The first kappa shape index (κ1) is 17.5. The van der Waals surface area contributed by atoms with Gasteiger partial charge in [0.15, 0.2) is 6.10 Å². The highest BCUT2D eigenvalue weighted by molar-refractivity contribution is 5.84. The predicted molar refractivity (Wildman–Crippen MR) is 96.6 cm³/mol. The number of esters is 1. The molecule has 1 heterocycles. The normalized spacial score (nSPS) is 11.8. The van der Waals surface area contributed by atoms with Gasteiger partial charge in [0.2, 0.25) is 5.43 Å². The van der Waals surface area contributed by atoms with E-state index in [4.69, 9.17) is 13.9 Å². The van der Waals surface area contributed by atoms with Crippen LogP contribution >= 0.6 is 0 Å². The van der Waals surface area contributed by atoms with Crippen molar-refractivity contribution in [1.82, 2.24) is 0 Å². The van der Waals surface area contributed by atoms with Gasteiger partial charge in [-0.05, 0) is 25.1 Å². The minimum atomic E-state index is -0.767. The Kier molecular flexibility index (Phi) is 4.93. The Morgan fingerprint density at radius 2 is 1.85 bits per heavy atom. The van der Waals surface area contributed by atoms with Gasteiger partial charge in [0.25, 0.3) is 0 Å². The fourth-order valence-electron chi connectivity index (χ4n) is 2.65. The molecule has 1 aromatic heterocycles. The third-order valence-corrected chi connectivity index (χ3v) is 3.99. The molecule has 0 bridgehead atoms. The standard InChI is InChI=1S/C20H18O6/c1-12(20(22)24-3)26-13-8-9-15-18(10-13)25-11-16(19(15)21)14-6-4-5-7-17(14)23-2/h4-12H,1-3H3/t12-/m0/s1. The van der Waals surface area contributed by atoms with Crippen molar-refractivity contribution in [2.45, 2.75) is 13.0 Å². The molecule has 0 spiro atoms. The molecule has 6 heteroatoms. The van der Waals surface area contributed by atoms with E-state index in [0.717, 1.165) is 0 Å². The number of hydrogen-bond donors (Lipinski definition) is 0. The molecular weight excluding hydrogens is 336 g/mol. The summed E-state index contributed by atoms with van der Waals surface area (Å²) in [6.45, 7) is 1.58. The molecule has 0 saturated carbocycles. The van der Waals surface area contributed by atoms with Crippen molar-refractivity contribution < 1.29 is 23.4 Å². The van der Waals surface area contributed by atoms with Crippen molar-refractivity contribution in [2.24, 2.45) is 0 Å². The lowest BCUT2D eigenvalue weighted by molar-refractivity contribution is -0.147. The van der Waals surface area contributed by atoms with E-state index in [1.165, 1.54) is 13.4 Å². The van der Waals surface area contributed by atoms with Crippen LogP contribution < -0.4 is 14.9 Å². The van der Waals surface area contributed by atoms with E-state index in [1.54, 1.807) is 44.4 Å². The molecule has 1 atom stereocenters. The number of carbonyl (C=O) groups excluding carboxylic acids is 1. The fourth-order valence-corrected chi connectivity index (χ4v) is 2.65. The molecule has 0 N–H and O–H groups in total. The molecule has 2 aromatic carbocycles. The number of ether oxygens (including phenoxy) is 3. The molecule has 0 aliphatic rings. The summed E-state index contributed by atoms with van der Waals surface area (Å²) in [5.74, 6) is 0.507. The number of carbonyl (C=O) groups is 1. The molecule has 6 nitrogen and oxygen atoms in total. The third-order valence-electron chi connectivity index (χ3n) is 3.99. The molecule has 0 saturated heterocycles. The van der Waals surface area contributed by atoms with Crippen LogP contribution in [0.5, 0.6) is 11.5 Å². The van der Waals surface area contributed by atoms with Crippen LogP contribution in [-0.2, 0) is 9.53 Å². The Balaban J connectivity index is 2.02. The zero-order valence-corrected chi connectivity index (χ0v) is 14.6. The van der Waals surface area contributed by atoms with Crippen LogP contribution in [0, 0.1) is 0 Å². The summed E-state index contributed by atoms with van der Waals surface area (Å²) in [4.78, 5) is 24.3. The van der Waals surface area contributed by atoms with Gasteiger partial charge in [-0.2, -0.15) is 0 Å². The van der Waals surface area contributed by atoms with Crippen LogP contribution in [0.2, 0.25) is 0 Å². The van der Waals surface area contributed by atoms with E-state index in [9.17, 15) is 9.59 Å². The van der Waals surface area contributed by atoms with Gasteiger partial charge in [-0.3, -0.25) is 4.79 Å². The van der Waals surface area contributed by atoms with Crippen LogP contribution in [0.1, 0.15) is 6.92 Å². The predicted octanol–water partition coefficient (Wildman–Crippen LogP) is 3.41. The van der Waals surface area contributed by atoms with E-state index in [-0.39, 0.29) is 5.43 Å². The average molecular weight is 354 g/mol. The topological polar surface area (TPSA) is 75.0 Å². The molecule has 3 aromatic rings. The van der Waals surface area contributed by atoms with Gasteiger partial charge >= 0.3 is 5.97 Å². The van der Waals surface area contributed by atoms with E-state index in [2.05, 4.69) is 4.74 Å². The lowest BCUT2D eigenvalue weighted by Gasteiger charge is -2.13. The molecule has 0 aliphatic heterocycles. The first-order valence-electron chi connectivity index (χ1n) is 7.98. The molecule has 3 rings (SSSR count). The van der Waals surface area contributed by atoms with Crippen molar-refractivity contribution in [2.75, 3.05) is 14.2 Å². The summed E-state index contributed by atoms with van der Waals surface area (Å²) in [5.41, 5.74) is 1.25. The number of fused-ring (bicyclic) bond motifs is 1. The second kappa shape index (κ2) is 7.31. The van der Waals surface area contributed by atoms with Crippen LogP contribution in [-0.4, -0.2) is 26.3 Å². The van der Waals surface area contributed by atoms with Gasteiger partial charge in [0, 0.05) is 11.6 Å². The largest absolute Gasteiger partial charge is 0.496 e. The summed E-state index contributed by atoms with van der Waals surface area (Å²) in [6.07, 6.45) is 0.632. The number of benzene rings is 2. The van der Waals surface area contributed by atoms with Crippen molar-refractivity contribution in [3.05, 3.63) is 59.0 Å². The monoisotopic (exact) mass is 354 g/mol. The molecule has 26 heavy (non-hydrogen) atoms. The zero-order valence-electron chi connectivity index (χ0n) is 14.6. The third kappa shape index (κ3) is 3.26.